The molecule has 0 radical (unpaired) electrons. The van der Waals surface area contributed by atoms with Gasteiger partial charge in [-0.3, -0.25) is 24.3 Å². The molecule has 0 N–H and O–H groups in total. The Kier molecular flexibility index (Phi) is 7.54. The van der Waals surface area contributed by atoms with Crippen LogP contribution in [0.3, 0.4) is 0 Å². The Hall–Kier alpha value is -3.80. The Morgan fingerprint density at radius 3 is 2.50 bits per heavy atom. The summed E-state index contributed by atoms with van der Waals surface area (Å²) in [5.74, 6) is -3.17. The number of hydrogen-bond donors (Lipinski definition) is 0. The first-order chi connectivity index (χ1) is 17.9. The van der Waals surface area contributed by atoms with Gasteiger partial charge in [-0.15, -0.1) is 0 Å². The molecular weight excluding hydrogens is 531 g/mol. The third-order valence-electron chi connectivity index (χ3n) is 6.34. The first-order valence-corrected chi connectivity index (χ1v) is 12.0. The number of carbonyl (C=O) groups is 4. The molecule has 0 saturated carbocycles. The number of anilines is 2. The zero-order chi connectivity index (χ0) is 27.8. The number of urea groups is 1. The number of hydrogen-bond acceptors (Lipinski definition) is 6. The van der Waals surface area contributed by atoms with Crippen molar-refractivity contribution in [2.45, 2.75) is 26.6 Å². The van der Waals surface area contributed by atoms with E-state index in [1.54, 1.807) is 6.92 Å². The highest BCUT2D eigenvalue weighted by Crippen LogP contribution is 2.36. The summed E-state index contributed by atoms with van der Waals surface area (Å²) >= 11 is 6.40. The molecule has 2 aromatic carbocycles. The number of imide groups is 1. The summed E-state index contributed by atoms with van der Waals surface area (Å²) in [5, 5.41) is 0.110. The summed E-state index contributed by atoms with van der Waals surface area (Å²) in [5.41, 5.74) is -0.392. The van der Waals surface area contributed by atoms with E-state index in [0.29, 0.717) is 5.69 Å². The minimum Gasteiger partial charge on any atom is -0.465 e. The molecule has 1 unspecified atom stereocenters. The SMILES string of the molecule is CCOC(=O)C1CN(c2ccc(N3CCOC3=O)c(Cl)c2)C(=O)N(Cc2cccc(C(F)(F)F)c2C)C1=O. The third-order valence-corrected chi connectivity index (χ3v) is 6.64. The van der Waals surface area contributed by atoms with E-state index in [-0.39, 0.29) is 48.1 Å². The molecule has 202 valence electrons. The summed E-state index contributed by atoms with van der Waals surface area (Å²) in [4.78, 5) is 54.5. The molecule has 2 aliphatic heterocycles. The summed E-state index contributed by atoms with van der Waals surface area (Å²) in [6, 6.07) is 7.00. The van der Waals surface area contributed by atoms with Crippen LogP contribution in [0.4, 0.5) is 34.1 Å². The number of carbonyl (C=O) groups excluding carboxylic acids is 4. The zero-order valence-corrected chi connectivity index (χ0v) is 21.1. The van der Waals surface area contributed by atoms with Gasteiger partial charge in [0, 0.05) is 5.69 Å². The van der Waals surface area contributed by atoms with E-state index in [9.17, 15) is 32.3 Å². The summed E-state index contributed by atoms with van der Waals surface area (Å²) in [6.07, 6.45) is -5.21. The maximum Gasteiger partial charge on any atom is 0.416 e. The van der Waals surface area contributed by atoms with Gasteiger partial charge in [-0.25, -0.2) is 9.59 Å². The smallest absolute Gasteiger partial charge is 0.416 e. The van der Waals surface area contributed by atoms with Crippen molar-refractivity contribution in [2.24, 2.45) is 5.92 Å². The highest BCUT2D eigenvalue weighted by Gasteiger charge is 2.45. The molecule has 13 heteroatoms. The van der Waals surface area contributed by atoms with Crippen LogP contribution in [-0.2, 0) is 31.8 Å². The second kappa shape index (κ2) is 10.5. The van der Waals surface area contributed by atoms with Gasteiger partial charge < -0.3 is 9.47 Å². The van der Waals surface area contributed by atoms with Crippen molar-refractivity contribution in [1.82, 2.24) is 4.90 Å². The lowest BCUT2D eigenvalue weighted by Gasteiger charge is -2.38. The Labute approximate surface area is 220 Å². The van der Waals surface area contributed by atoms with E-state index in [0.717, 1.165) is 15.9 Å². The first-order valence-electron chi connectivity index (χ1n) is 11.6. The molecular formula is C25H23ClF3N3O6. The Morgan fingerprint density at radius 2 is 1.89 bits per heavy atom. The average Bonchev–Trinajstić information content (AvgIpc) is 3.27. The van der Waals surface area contributed by atoms with Crippen LogP contribution >= 0.6 is 11.6 Å². The fraction of sp³-hybridized carbons (Fsp3) is 0.360. The molecule has 2 heterocycles. The maximum absolute atomic E-state index is 13.5. The van der Waals surface area contributed by atoms with Crippen molar-refractivity contribution in [1.29, 1.82) is 0 Å². The van der Waals surface area contributed by atoms with Crippen LogP contribution in [0.5, 0.6) is 0 Å². The van der Waals surface area contributed by atoms with Crippen molar-refractivity contribution < 1.29 is 41.8 Å². The topological polar surface area (TPSA) is 96.5 Å². The van der Waals surface area contributed by atoms with Crippen LogP contribution in [0.2, 0.25) is 5.02 Å². The van der Waals surface area contributed by atoms with E-state index in [4.69, 9.17) is 21.1 Å². The second-order valence-electron chi connectivity index (χ2n) is 8.61. The van der Waals surface area contributed by atoms with E-state index in [2.05, 4.69) is 0 Å². The molecule has 9 nitrogen and oxygen atoms in total. The van der Waals surface area contributed by atoms with Gasteiger partial charge in [-0.1, -0.05) is 23.7 Å². The largest absolute Gasteiger partial charge is 0.465 e. The van der Waals surface area contributed by atoms with Gasteiger partial charge in [0.25, 0.3) is 0 Å². The van der Waals surface area contributed by atoms with Crippen LogP contribution in [0.25, 0.3) is 0 Å². The predicted molar refractivity (Wildman–Crippen MR) is 130 cm³/mol. The molecule has 1 atom stereocenters. The van der Waals surface area contributed by atoms with Crippen LogP contribution in [-0.4, -0.2) is 55.2 Å². The Morgan fingerprint density at radius 1 is 1.16 bits per heavy atom. The molecule has 0 aromatic heterocycles. The molecule has 38 heavy (non-hydrogen) atoms. The van der Waals surface area contributed by atoms with Gasteiger partial charge in [-0.2, -0.15) is 13.2 Å². The van der Waals surface area contributed by atoms with Crippen molar-refractivity contribution in [3.05, 3.63) is 58.1 Å². The maximum atomic E-state index is 13.5. The number of amides is 4. The lowest BCUT2D eigenvalue weighted by atomic mass is 9.99. The van der Waals surface area contributed by atoms with Gasteiger partial charge in [0.05, 0.1) is 42.5 Å². The Balaban J connectivity index is 1.70. The molecule has 4 rings (SSSR count). The van der Waals surface area contributed by atoms with Crippen LogP contribution in [0, 0.1) is 12.8 Å². The molecule has 2 aliphatic rings. The van der Waals surface area contributed by atoms with E-state index >= 15 is 0 Å². The Bertz CT molecular complexity index is 1300. The summed E-state index contributed by atoms with van der Waals surface area (Å²) < 4.78 is 50.3. The van der Waals surface area contributed by atoms with E-state index in [1.165, 1.54) is 42.2 Å². The van der Waals surface area contributed by atoms with Crippen molar-refractivity contribution in [3.8, 4) is 0 Å². The van der Waals surface area contributed by atoms with Gasteiger partial charge in [0.15, 0.2) is 5.92 Å². The van der Waals surface area contributed by atoms with Gasteiger partial charge >= 0.3 is 24.3 Å². The standard InChI is InChI=1S/C25H23ClF3N3O6/c1-3-37-22(34)17-13-31(16-7-8-20(19(26)11-16)30-9-10-38-24(30)36)23(35)32(21(17)33)12-15-5-4-6-18(14(15)2)25(27,28)29/h4-8,11,17H,3,9-10,12-13H2,1-2H3. The van der Waals surface area contributed by atoms with Crippen LogP contribution in [0.1, 0.15) is 23.6 Å². The number of cyclic esters (lactones) is 1. The number of nitrogens with zero attached hydrogens (tertiary/aromatic N) is 3. The van der Waals surface area contributed by atoms with Crippen LogP contribution < -0.4 is 9.80 Å². The van der Waals surface area contributed by atoms with Crippen molar-refractivity contribution in [2.75, 3.05) is 36.1 Å². The van der Waals surface area contributed by atoms with Crippen molar-refractivity contribution >= 4 is 47.0 Å². The summed E-state index contributed by atoms with van der Waals surface area (Å²) in [6.45, 7) is 2.40. The molecule has 0 aliphatic carbocycles. The normalized spacial score (nSPS) is 18.2. The molecule has 0 spiro atoms. The monoisotopic (exact) mass is 553 g/mol. The molecule has 2 saturated heterocycles. The quantitative estimate of drug-likeness (QED) is 0.378. The minimum atomic E-state index is -4.63. The average molecular weight is 554 g/mol. The molecule has 0 bridgehead atoms. The molecule has 2 aromatic rings. The zero-order valence-electron chi connectivity index (χ0n) is 20.4. The van der Waals surface area contributed by atoms with E-state index < -0.39 is 48.2 Å². The van der Waals surface area contributed by atoms with Crippen molar-refractivity contribution in [3.63, 3.8) is 0 Å². The fourth-order valence-electron chi connectivity index (χ4n) is 4.37. The number of benzene rings is 2. The van der Waals surface area contributed by atoms with Gasteiger partial charge in [0.2, 0.25) is 5.91 Å². The third kappa shape index (κ3) is 5.13. The molecule has 2 fully saturated rings. The first kappa shape index (κ1) is 27.2. The number of esters is 1. The van der Waals surface area contributed by atoms with Crippen LogP contribution in [0.15, 0.2) is 36.4 Å². The second-order valence-corrected chi connectivity index (χ2v) is 9.02. The lowest BCUT2D eigenvalue weighted by Crippen LogP contribution is -2.58. The van der Waals surface area contributed by atoms with Gasteiger partial charge in [-0.05, 0) is 49.2 Å². The predicted octanol–water partition coefficient (Wildman–Crippen LogP) is 4.77. The number of alkyl halides is 3. The number of halogens is 4. The highest BCUT2D eigenvalue weighted by molar-refractivity contribution is 6.34. The summed E-state index contributed by atoms with van der Waals surface area (Å²) in [7, 11) is 0. The van der Waals surface area contributed by atoms with E-state index in [1.807, 2.05) is 0 Å². The molecule has 4 amide bonds. The lowest BCUT2D eigenvalue weighted by molar-refractivity contribution is -0.154. The fourth-order valence-corrected chi connectivity index (χ4v) is 4.65. The number of rotatable bonds is 6. The number of ether oxygens (including phenoxy) is 2. The minimum absolute atomic E-state index is 0.0181. The van der Waals surface area contributed by atoms with Gasteiger partial charge in [0.1, 0.15) is 6.61 Å². The highest BCUT2D eigenvalue weighted by atomic mass is 35.5.